The quantitative estimate of drug-likeness (QED) is 0.885. The minimum Gasteiger partial charge on any atom is -0.480 e. The molecule has 4 heteroatoms. The van der Waals surface area contributed by atoms with Gasteiger partial charge in [-0.3, -0.25) is 9.69 Å². The number of carboxylic acid groups (broad SMARTS) is 1. The van der Waals surface area contributed by atoms with Gasteiger partial charge in [0.25, 0.3) is 0 Å². The van der Waals surface area contributed by atoms with Gasteiger partial charge in [0.15, 0.2) is 0 Å². The summed E-state index contributed by atoms with van der Waals surface area (Å²) in [6, 6.07) is 8.89. The highest BCUT2D eigenvalue weighted by Gasteiger charge is 2.43. The predicted molar refractivity (Wildman–Crippen MR) is 77.4 cm³/mol. The van der Waals surface area contributed by atoms with Crippen LogP contribution in [0.1, 0.15) is 36.8 Å². The maximum absolute atomic E-state index is 11.6. The first-order chi connectivity index (χ1) is 9.64. The Balaban J connectivity index is 1.75. The molecule has 0 saturated heterocycles. The number of hydrogen-bond acceptors (Lipinski definition) is 3. The number of benzene rings is 1. The van der Waals surface area contributed by atoms with Crippen molar-refractivity contribution in [2.75, 3.05) is 7.05 Å². The molecule has 20 heavy (non-hydrogen) atoms. The van der Waals surface area contributed by atoms with Gasteiger partial charge < -0.3 is 10.4 Å². The summed E-state index contributed by atoms with van der Waals surface area (Å²) in [5, 5.41) is 12.6. The van der Waals surface area contributed by atoms with E-state index in [1.165, 1.54) is 11.1 Å². The van der Waals surface area contributed by atoms with Crippen molar-refractivity contribution in [2.45, 2.75) is 50.4 Å². The SMILES string of the molecule is CNC1(C(=O)O)CCCC(N2Cc3ccccc3C2)C1. The largest absolute Gasteiger partial charge is 0.480 e. The Labute approximate surface area is 119 Å². The molecule has 108 valence electrons. The summed E-state index contributed by atoms with van der Waals surface area (Å²) in [7, 11) is 1.77. The van der Waals surface area contributed by atoms with Crippen LogP contribution in [0.5, 0.6) is 0 Å². The molecule has 1 fully saturated rings. The van der Waals surface area contributed by atoms with Gasteiger partial charge in [-0.05, 0) is 43.9 Å². The summed E-state index contributed by atoms with van der Waals surface area (Å²) < 4.78 is 0. The summed E-state index contributed by atoms with van der Waals surface area (Å²) in [6.45, 7) is 1.92. The van der Waals surface area contributed by atoms with Crippen molar-refractivity contribution in [2.24, 2.45) is 0 Å². The van der Waals surface area contributed by atoms with E-state index in [1.807, 2.05) is 0 Å². The maximum atomic E-state index is 11.6. The summed E-state index contributed by atoms with van der Waals surface area (Å²) in [4.78, 5) is 14.0. The highest BCUT2D eigenvalue weighted by molar-refractivity contribution is 5.79. The molecule has 3 rings (SSSR count). The lowest BCUT2D eigenvalue weighted by atomic mass is 9.78. The van der Waals surface area contributed by atoms with Crippen LogP contribution < -0.4 is 5.32 Å². The topological polar surface area (TPSA) is 52.6 Å². The van der Waals surface area contributed by atoms with Crippen LogP contribution in [-0.2, 0) is 17.9 Å². The molecule has 2 N–H and O–H groups in total. The van der Waals surface area contributed by atoms with Gasteiger partial charge in [0.1, 0.15) is 5.54 Å². The van der Waals surface area contributed by atoms with Gasteiger partial charge in [-0.1, -0.05) is 24.3 Å². The molecule has 1 saturated carbocycles. The Morgan fingerprint density at radius 1 is 1.35 bits per heavy atom. The molecule has 2 unspecified atom stereocenters. The van der Waals surface area contributed by atoms with E-state index in [0.29, 0.717) is 12.5 Å². The van der Waals surface area contributed by atoms with Crippen molar-refractivity contribution in [3.8, 4) is 0 Å². The molecule has 0 spiro atoms. The standard InChI is InChI=1S/C16H22N2O2/c1-17-16(15(19)20)8-4-7-14(9-16)18-10-12-5-2-3-6-13(12)11-18/h2-3,5-6,14,17H,4,7-11H2,1H3,(H,19,20). The Bertz CT molecular complexity index is 492. The van der Waals surface area contributed by atoms with Crippen molar-refractivity contribution < 1.29 is 9.90 Å². The van der Waals surface area contributed by atoms with E-state index < -0.39 is 11.5 Å². The highest BCUT2D eigenvalue weighted by atomic mass is 16.4. The van der Waals surface area contributed by atoms with E-state index in [-0.39, 0.29) is 0 Å². The van der Waals surface area contributed by atoms with Crippen LogP contribution >= 0.6 is 0 Å². The molecule has 0 bridgehead atoms. The Kier molecular flexibility index (Phi) is 3.52. The van der Waals surface area contributed by atoms with E-state index in [1.54, 1.807) is 7.05 Å². The molecule has 2 atom stereocenters. The lowest BCUT2D eigenvalue weighted by Gasteiger charge is -2.41. The van der Waals surface area contributed by atoms with E-state index in [4.69, 9.17) is 0 Å². The fourth-order valence-corrected chi connectivity index (χ4v) is 3.70. The first kappa shape index (κ1) is 13.6. The van der Waals surface area contributed by atoms with Gasteiger partial charge in [0, 0.05) is 19.1 Å². The molecule has 1 aliphatic heterocycles. The second kappa shape index (κ2) is 5.19. The second-order valence-corrected chi connectivity index (χ2v) is 6.06. The first-order valence-corrected chi connectivity index (χ1v) is 7.38. The predicted octanol–water partition coefficient (Wildman–Crippen LogP) is 1.99. The van der Waals surface area contributed by atoms with Crippen molar-refractivity contribution in [3.63, 3.8) is 0 Å². The van der Waals surface area contributed by atoms with Crippen LogP contribution in [0.4, 0.5) is 0 Å². The molecule has 0 radical (unpaired) electrons. The second-order valence-electron chi connectivity index (χ2n) is 6.06. The lowest BCUT2D eigenvalue weighted by Crippen LogP contribution is -2.56. The molecule has 4 nitrogen and oxygen atoms in total. The van der Waals surface area contributed by atoms with Crippen molar-refractivity contribution in [1.82, 2.24) is 10.2 Å². The van der Waals surface area contributed by atoms with Gasteiger partial charge in [0.05, 0.1) is 0 Å². The number of likely N-dealkylation sites (N-methyl/N-ethyl adjacent to an activating group) is 1. The molecule has 1 aromatic carbocycles. The highest BCUT2D eigenvalue weighted by Crippen LogP contribution is 2.35. The third-order valence-corrected chi connectivity index (χ3v) is 4.99. The Morgan fingerprint density at radius 2 is 2.00 bits per heavy atom. The van der Waals surface area contributed by atoms with Crippen LogP contribution in [0.2, 0.25) is 0 Å². The minimum atomic E-state index is -0.738. The summed E-state index contributed by atoms with van der Waals surface area (Å²) >= 11 is 0. The monoisotopic (exact) mass is 274 g/mol. The van der Waals surface area contributed by atoms with Gasteiger partial charge in [-0.15, -0.1) is 0 Å². The summed E-state index contributed by atoms with van der Waals surface area (Å²) in [5.41, 5.74) is 2.05. The zero-order valence-corrected chi connectivity index (χ0v) is 11.9. The van der Waals surface area contributed by atoms with Crippen LogP contribution in [-0.4, -0.2) is 34.6 Å². The van der Waals surface area contributed by atoms with Crippen LogP contribution in [0, 0.1) is 0 Å². The zero-order valence-electron chi connectivity index (χ0n) is 11.9. The van der Waals surface area contributed by atoms with Gasteiger partial charge in [-0.2, -0.15) is 0 Å². The summed E-state index contributed by atoms with van der Waals surface area (Å²) in [6.07, 6.45) is 3.51. The smallest absolute Gasteiger partial charge is 0.323 e. The van der Waals surface area contributed by atoms with E-state index in [2.05, 4.69) is 34.5 Å². The molecule has 1 aliphatic carbocycles. The average molecular weight is 274 g/mol. The number of rotatable bonds is 3. The minimum absolute atomic E-state index is 0.361. The first-order valence-electron chi connectivity index (χ1n) is 7.38. The lowest BCUT2D eigenvalue weighted by molar-refractivity contribution is -0.147. The van der Waals surface area contributed by atoms with Crippen molar-refractivity contribution >= 4 is 5.97 Å². The Morgan fingerprint density at radius 3 is 2.55 bits per heavy atom. The van der Waals surface area contributed by atoms with Crippen LogP contribution in [0.3, 0.4) is 0 Å². The number of fused-ring (bicyclic) bond motifs is 1. The number of carboxylic acids is 1. The summed E-state index contributed by atoms with van der Waals surface area (Å²) in [5.74, 6) is -0.707. The third-order valence-electron chi connectivity index (χ3n) is 4.99. The van der Waals surface area contributed by atoms with Crippen LogP contribution in [0.25, 0.3) is 0 Å². The van der Waals surface area contributed by atoms with E-state index in [0.717, 1.165) is 32.4 Å². The Hall–Kier alpha value is -1.39. The third kappa shape index (κ3) is 2.23. The van der Waals surface area contributed by atoms with Gasteiger partial charge in [0.2, 0.25) is 0 Å². The molecular weight excluding hydrogens is 252 g/mol. The fraction of sp³-hybridized carbons (Fsp3) is 0.562. The molecule has 2 aliphatic rings. The van der Waals surface area contributed by atoms with E-state index >= 15 is 0 Å². The van der Waals surface area contributed by atoms with Crippen LogP contribution in [0.15, 0.2) is 24.3 Å². The zero-order chi connectivity index (χ0) is 14.2. The number of hydrogen-bond donors (Lipinski definition) is 2. The van der Waals surface area contributed by atoms with Gasteiger partial charge in [-0.25, -0.2) is 0 Å². The van der Waals surface area contributed by atoms with Gasteiger partial charge >= 0.3 is 5.97 Å². The molecular formula is C16H22N2O2. The molecule has 1 aromatic rings. The molecule has 1 heterocycles. The molecule has 0 amide bonds. The molecule has 0 aromatic heterocycles. The normalized spacial score (nSPS) is 30.1. The average Bonchev–Trinajstić information content (AvgIpc) is 2.91. The number of aliphatic carboxylic acids is 1. The van der Waals surface area contributed by atoms with Crippen molar-refractivity contribution in [3.05, 3.63) is 35.4 Å². The fourth-order valence-electron chi connectivity index (χ4n) is 3.70. The number of carbonyl (C=O) groups is 1. The van der Waals surface area contributed by atoms with E-state index in [9.17, 15) is 9.90 Å². The number of nitrogens with zero attached hydrogens (tertiary/aromatic N) is 1. The maximum Gasteiger partial charge on any atom is 0.323 e. The van der Waals surface area contributed by atoms with Crippen molar-refractivity contribution in [1.29, 1.82) is 0 Å². The number of nitrogens with one attached hydrogen (secondary N) is 1.